The summed E-state index contributed by atoms with van der Waals surface area (Å²) < 4.78 is 10.7. The van der Waals surface area contributed by atoms with Crippen LogP contribution in [-0.2, 0) is 19.1 Å². The van der Waals surface area contributed by atoms with Gasteiger partial charge in [-0.25, -0.2) is 9.59 Å². The Kier molecular flexibility index (Phi) is 6.73. The molecule has 0 aliphatic carbocycles. The molecule has 0 aromatic heterocycles. The number of hydrogen-bond acceptors (Lipinski definition) is 5. The number of ether oxygens (including phenoxy) is 2. The third-order valence-corrected chi connectivity index (χ3v) is 5.54. The van der Waals surface area contributed by atoms with Crippen LogP contribution in [0.3, 0.4) is 0 Å². The zero-order chi connectivity index (χ0) is 18.7. The molecule has 0 spiro atoms. The third kappa shape index (κ3) is 3.95. The van der Waals surface area contributed by atoms with Crippen molar-refractivity contribution in [3.05, 3.63) is 60.8 Å². The Morgan fingerprint density at radius 3 is 2.24 bits per heavy atom. The van der Waals surface area contributed by atoms with E-state index >= 15 is 0 Å². The predicted molar refractivity (Wildman–Crippen MR) is 104 cm³/mol. The van der Waals surface area contributed by atoms with E-state index in [2.05, 4.69) is 31.9 Å². The number of benzene rings is 1. The molecule has 132 valence electrons. The van der Waals surface area contributed by atoms with Gasteiger partial charge in [0, 0.05) is 15.1 Å². The van der Waals surface area contributed by atoms with E-state index in [1.807, 2.05) is 0 Å². The van der Waals surface area contributed by atoms with Crippen molar-refractivity contribution in [1.82, 2.24) is 0 Å². The average molecular weight is 512 g/mol. The lowest BCUT2D eigenvalue weighted by atomic mass is 10.1. The van der Waals surface area contributed by atoms with E-state index in [1.165, 1.54) is 25.2 Å². The molecule has 1 aliphatic rings. The summed E-state index contributed by atoms with van der Waals surface area (Å²) in [6, 6.07) is 1.68. The maximum Gasteiger partial charge on any atom is 0.355 e. The molecular weight excluding hydrogens is 501 g/mol. The molecule has 0 unspecified atom stereocenters. The van der Waals surface area contributed by atoms with Crippen molar-refractivity contribution in [2.24, 2.45) is 0 Å². The van der Waals surface area contributed by atoms with Gasteiger partial charge in [-0.2, -0.15) is 0 Å². The Morgan fingerprint density at radius 2 is 1.64 bits per heavy atom. The Morgan fingerprint density at radius 1 is 1.00 bits per heavy atom. The monoisotopic (exact) mass is 509 g/mol. The maximum absolute atomic E-state index is 12.4. The highest BCUT2D eigenvalue weighted by atomic mass is 79.9. The zero-order valence-electron chi connectivity index (χ0n) is 13.0. The van der Waals surface area contributed by atoms with Crippen LogP contribution in [0.2, 0.25) is 10.0 Å². The highest BCUT2D eigenvalue weighted by molar-refractivity contribution is 9.11. The molecule has 5 nitrogen and oxygen atoms in total. The molecule has 0 bridgehead atoms. The van der Waals surface area contributed by atoms with Gasteiger partial charge in [0.1, 0.15) is 5.70 Å². The molecule has 0 fully saturated rings. The number of halogens is 4. The number of carbonyl (C=O) groups excluding carboxylic acids is 2. The summed E-state index contributed by atoms with van der Waals surface area (Å²) in [5, 5.41) is 0.439. The van der Waals surface area contributed by atoms with Gasteiger partial charge in [-0.1, -0.05) is 29.3 Å². The molecular formula is C16H11Br2Cl2NO4. The van der Waals surface area contributed by atoms with Crippen LogP contribution in [0, 0.1) is 0 Å². The number of rotatable bonds is 3. The van der Waals surface area contributed by atoms with Crippen molar-refractivity contribution in [3.8, 4) is 0 Å². The summed E-state index contributed by atoms with van der Waals surface area (Å²) in [5.74, 6) is -1.43. The summed E-state index contributed by atoms with van der Waals surface area (Å²) in [5.41, 5.74) is 0.332. The number of nitrogens with zero attached hydrogens (tertiary/aromatic N) is 1. The van der Waals surface area contributed by atoms with Crippen LogP contribution in [0.5, 0.6) is 0 Å². The minimum atomic E-state index is -0.737. The molecule has 1 aromatic carbocycles. The standard InChI is InChI=1S/C16H11Br2Cl2NO4/c1-24-15(22)8-5-3-4-6-21(13(8)16(23)25-2)14-10(18)7-9(17)11(19)12(14)20/h3-7H,1-2H3. The van der Waals surface area contributed by atoms with E-state index < -0.39 is 11.9 Å². The van der Waals surface area contributed by atoms with Crippen LogP contribution in [-0.4, -0.2) is 26.2 Å². The first-order valence-electron chi connectivity index (χ1n) is 6.71. The summed E-state index contributed by atoms with van der Waals surface area (Å²) in [4.78, 5) is 26.0. The smallest absolute Gasteiger partial charge is 0.355 e. The second kappa shape index (κ2) is 8.40. The first-order chi connectivity index (χ1) is 11.8. The second-order valence-corrected chi connectivity index (χ2v) is 7.10. The number of hydrogen-bond donors (Lipinski definition) is 0. The Bertz CT molecular complexity index is 834. The highest BCUT2D eigenvalue weighted by Gasteiger charge is 2.30. The van der Waals surface area contributed by atoms with Crippen LogP contribution < -0.4 is 4.90 Å². The second-order valence-electron chi connectivity index (χ2n) is 4.63. The van der Waals surface area contributed by atoms with Gasteiger partial charge in [-0.05, 0) is 50.1 Å². The predicted octanol–water partition coefficient (Wildman–Crippen LogP) is 5.01. The molecule has 1 heterocycles. The Hall–Kier alpha value is -1.28. The lowest BCUT2D eigenvalue weighted by Gasteiger charge is -2.25. The molecule has 0 atom stereocenters. The molecule has 1 aromatic rings. The first-order valence-corrected chi connectivity index (χ1v) is 9.05. The lowest BCUT2D eigenvalue weighted by Crippen LogP contribution is -2.27. The summed E-state index contributed by atoms with van der Waals surface area (Å²) >= 11 is 19.3. The summed E-state index contributed by atoms with van der Waals surface area (Å²) in [6.07, 6.45) is 6.25. The number of carbonyl (C=O) groups is 2. The fourth-order valence-electron chi connectivity index (χ4n) is 2.11. The van der Waals surface area contributed by atoms with Crippen LogP contribution >= 0.6 is 55.1 Å². The van der Waals surface area contributed by atoms with Gasteiger partial charge in [0.05, 0.1) is 35.5 Å². The molecule has 1 aliphatic heterocycles. The molecule has 2 rings (SSSR count). The number of esters is 2. The van der Waals surface area contributed by atoms with Crippen molar-refractivity contribution >= 4 is 72.7 Å². The topological polar surface area (TPSA) is 55.8 Å². The molecule has 0 saturated carbocycles. The van der Waals surface area contributed by atoms with Crippen molar-refractivity contribution in [3.63, 3.8) is 0 Å². The lowest BCUT2D eigenvalue weighted by molar-refractivity contribution is -0.139. The van der Waals surface area contributed by atoms with Crippen LogP contribution in [0.4, 0.5) is 5.69 Å². The fourth-order valence-corrected chi connectivity index (χ4v) is 4.13. The van der Waals surface area contributed by atoms with Gasteiger partial charge < -0.3 is 14.4 Å². The zero-order valence-corrected chi connectivity index (χ0v) is 17.7. The molecule has 0 amide bonds. The molecule has 0 N–H and O–H groups in total. The van der Waals surface area contributed by atoms with Crippen LogP contribution in [0.1, 0.15) is 0 Å². The van der Waals surface area contributed by atoms with E-state index in [4.69, 9.17) is 32.7 Å². The van der Waals surface area contributed by atoms with Gasteiger partial charge in [0.2, 0.25) is 0 Å². The average Bonchev–Trinajstić information content (AvgIpc) is 2.81. The largest absolute Gasteiger partial charge is 0.465 e. The number of anilines is 1. The Labute approximate surface area is 171 Å². The van der Waals surface area contributed by atoms with Gasteiger partial charge in [0.25, 0.3) is 0 Å². The maximum atomic E-state index is 12.4. The van der Waals surface area contributed by atoms with E-state index in [1.54, 1.807) is 24.4 Å². The molecule has 25 heavy (non-hydrogen) atoms. The van der Waals surface area contributed by atoms with Gasteiger partial charge in [-0.15, -0.1) is 0 Å². The number of methoxy groups -OCH3 is 2. The van der Waals surface area contributed by atoms with Gasteiger partial charge in [-0.3, -0.25) is 0 Å². The van der Waals surface area contributed by atoms with Gasteiger partial charge in [0.15, 0.2) is 0 Å². The van der Waals surface area contributed by atoms with Gasteiger partial charge >= 0.3 is 11.9 Å². The summed E-state index contributed by atoms with van der Waals surface area (Å²) in [6.45, 7) is 0. The van der Waals surface area contributed by atoms with Crippen molar-refractivity contribution < 1.29 is 19.1 Å². The minimum Gasteiger partial charge on any atom is -0.465 e. The quantitative estimate of drug-likeness (QED) is 0.324. The van der Waals surface area contributed by atoms with E-state index in [0.29, 0.717) is 14.6 Å². The van der Waals surface area contributed by atoms with Crippen LogP contribution in [0.15, 0.2) is 50.7 Å². The van der Waals surface area contributed by atoms with E-state index in [0.717, 1.165) is 0 Å². The van der Waals surface area contributed by atoms with Crippen LogP contribution in [0.25, 0.3) is 0 Å². The number of allylic oxidation sites excluding steroid dienone is 2. The van der Waals surface area contributed by atoms with Crippen molar-refractivity contribution in [2.45, 2.75) is 0 Å². The van der Waals surface area contributed by atoms with Crippen molar-refractivity contribution in [1.29, 1.82) is 0 Å². The SMILES string of the molecule is COC(=O)C1=C(C(=O)OC)N(c2c(Br)cc(Br)c(Cl)c2Cl)C=CC=C1. The first kappa shape index (κ1) is 20.0. The van der Waals surface area contributed by atoms with E-state index in [-0.39, 0.29) is 21.3 Å². The normalized spacial score (nSPS) is 13.8. The minimum absolute atomic E-state index is 0.0151. The fraction of sp³-hybridized carbons (Fsp3) is 0.125. The molecule has 0 radical (unpaired) electrons. The van der Waals surface area contributed by atoms with E-state index in [9.17, 15) is 9.59 Å². The van der Waals surface area contributed by atoms with Crippen molar-refractivity contribution in [2.75, 3.05) is 19.1 Å². The summed E-state index contributed by atoms with van der Waals surface area (Å²) in [7, 11) is 2.44. The molecule has 9 heteroatoms. The Balaban J connectivity index is 2.81. The third-order valence-electron chi connectivity index (χ3n) is 3.22. The molecule has 0 saturated heterocycles. The highest BCUT2D eigenvalue weighted by Crippen LogP contribution is 2.45.